The first-order valence-corrected chi connectivity index (χ1v) is 7.82. The molecule has 1 saturated heterocycles. The summed E-state index contributed by atoms with van der Waals surface area (Å²) in [4.78, 5) is 15.0. The Balaban J connectivity index is 1.86. The summed E-state index contributed by atoms with van der Waals surface area (Å²) in [6.07, 6.45) is 3.59. The van der Waals surface area contributed by atoms with Crippen molar-refractivity contribution in [1.82, 2.24) is 4.90 Å². The van der Waals surface area contributed by atoms with E-state index in [9.17, 15) is 4.79 Å². The molecule has 0 spiro atoms. The number of rotatable bonds is 5. The molecule has 20 heavy (non-hydrogen) atoms. The van der Waals surface area contributed by atoms with Gasteiger partial charge in [-0.15, -0.1) is 0 Å². The van der Waals surface area contributed by atoms with Gasteiger partial charge in [-0.25, -0.2) is 0 Å². The molecule has 0 atom stereocenters. The third-order valence-electron chi connectivity index (χ3n) is 4.79. The monoisotopic (exact) mass is 273 g/mol. The van der Waals surface area contributed by atoms with Crippen LogP contribution in [-0.2, 0) is 11.2 Å². The zero-order valence-electron chi connectivity index (χ0n) is 13.1. The van der Waals surface area contributed by atoms with E-state index >= 15 is 0 Å². The summed E-state index contributed by atoms with van der Waals surface area (Å²) in [5.41, 5.74) is 1.17. The van der Waals surface area contributed by atoms with E-state index in [4.69, 9.17) is 0 Å². The van der Waals surface area contributed by atoms with Crippen LogP contribution >= 0.6 is 0 Å². The Morgan fingerprint density at radius 2 is 1.80 bits per heavy atom. The fraction of sp³-hybridized carbons (Fsp3) is 0.611. The number of piperidine rings is 1. The van der Waals surface area contributed by atoms with Gasteiger partial charge in [0.25, 0.3) is 0 Å². The van der Waals surface area contributed by atoms with E-state index in [2.05, 4.69) is 37.8 Å². The lowest BCUT2D eigenvalue weighted by Crippen LogP contribution is -2.45. The molecule has 0 unspecified atom stereocenters. The first kappa shape index (κ1) is 15.2. The third-order valence-corrected chi connectivity index (χ3v) is 4.79. The molecule has 0 radical (unpaired) electrons. The molecule has 0 bridgehead atoms. The molecule has 2 nitrogen and oxygen atoms in total. The fourth-order valence-corrected chi connectivity index (χ4v) is 3.02. The predicted molar refractivity (Wildman–Crippen MR) is 83.8 cm³/mol. The number of likely N-dealkylation sites (tertiary alicyclic amines) is 1. The highest BCUT2D eigenvalue weighted by molar-refractivity contribution is 5.84. The summed E-state index contributed by atoms with van der Waals surface area (Å²) in [6, 6.07) is 10.9. The Hall–Kier alpha value is -1.15. The number of hydrogen-bond acceptors (Lipinski definition) is 2. The lowest BCUT2D eigenvalue weighted by Gasteiger charge is -2.40. The van der Waals surface area contributed by atoms with Crippen molar-refractivity contribution >= 4 is 5.78 Å². The summed E-state index contributed by atoms with van der Waals surface area (Å²) in [6.45, 7) is 8.76. The Morgan fingerprint density at radius 3 is 2.35 bits per heavy atom. The van der Waals surface area contributed by atoms with Crippen LogP contribution in [0.1, 0.15) is 45.6 Å². The Kier molecular flexibility index (Phi) is 4.98. The smallest absolute Gasteiger partial charge is 0.139 e. The van der Waals surface area contributed by atoms with Crippen LogP contribution in [0.15, 0.2) is 30.3 Å². The first-order valence-electron chi connectivity index (χ1n) is 7.82. The molecule has 1 heterocycles. The van der Waals surface area contributed by atoms with Gasteiger partial charge in [0.05, 0.1) is 0 Å². The highest BCUT2D eigenvalue weighted by Gasteiger charge is 2.36. The minimum atomic E-state index is -0.0971. The maximum atomic E-state index is 12.6. The van der Waals surface area contributed by atoms with Crippen LogP contribution < -0.4 is 0 Å². The summed E-state index contributed by atoms with van der Waals surface area (Å²) in [5, 5.41) is 0. The van der Waals surface area contributed by atoms with E-state index in [1.54, 1.807) is 0 Å². The normalized spacial score (nSPS) is 19.2. The molecule has 1 aromatic rings. The second-order valence-corrected chi connectivity index (χ2v) is 6.60. The number of carbonyl (C=O) groups is 1. The molecule has 0 amide bonds. The molecule has 0 saturated carbocycles. The van der Waals surface area contributed by atoms with Gasteiger partial charge in [0.1, 0.15) is 5.78 Å². The van der Waals surface area contributed by atoms with Gasteiger partial charge in [0, 0.05) is 17.9 Å². The number of nitrogens with zero attached hydrogens (tertiary/aromatic N) is 1. The summed E-state index contributed by atoms with van der Waals surface area (Å²) >= 11 is 0. The number of benzene rings is 1. The zero-order valence-corrected chi connectivity index (χ0v) is 13.1. The second-order valence-electron chi connectivity index (χ2n) is 6.60. The zero-order chi connectivity index (χ0) is 14.6. The molecule has 2 heteroatoms. The lowest BCUT2D eigenvalue weighted by molar-refractivity contribution is -0.130. The van der Waals surface area contributed by atoms with Gasteiger partial charge >= 0.3 is 0 Å². The second kappa shape index (κ2) is 6.53. The number of ketones is 1. The molecule has 1 fully saturated rings. The van der Waals surface area contributed by atoms with Crippen molar-refractivity contribution in [3.05, 3.63) is 35.9 Å². The van der Waals surface area contributed by atoms with E-state index in [-0.39, 0.29) is 5.41 Å². The lowest BCUT2D eigenvalue weighted by atomic mass is 9.75. The van der Waals surface area contributed by atoms with E-state index in [0.29, 0.717) is 18.2 Å². The maximum absolute atomic E-state index is 12.6. The quantitative estimate of drug-likeness (QED) is 0.815. The van der Waals surface area contributed by atoms with E-state index in [0.717, 1.165) is 32.4 Å². The minimum absolute atomic E-state index is 0.0971. The number of hydrogen-bond donors (Lipinski definition) is 0. The van der Waals surface area contributed by atoms with Crippen LogP contribution in [-0.4, -0.2) is 29.8 Å². The molecule has 0 aliphatic carbocycles. The van der Waals surface area contributed by atoms with Crippen LogP contribution in [0, 0.1) is 5.41 Å². The summed E-state index contributed by atoms with van der Waals surface area (Å²) in [5.74, 6) is 0.449. The van der Waals surface area contributed by atoms with Crippen LogP contribution in [0.2, 0.25) is 0 Å². The van der Waals surface area contributed by atoms with Gasteiger partial charge in [-0.3, -0.25) is 4.79 Å². The van der Waals surface area contributed by atoms with Gasteiger partial charge in [-0.1, -0.05) is 37.3 Å². The van der Waals surface area contributed by atoms with Crippen LogP contribution in [0.4, 0.5) is 0 Å². The van der Waals surface area contributed by atoms with Crippen molar-refractivity contribution in [1.29, 1.82) is 0 Å². The Labute approximate surface area is 123 Å². The largest absolute Gasteiger partial charge is 0.301 e. The van der Waals surface area contributed by atoms with Crippen molar-refractivity contribution in [2.45, 2.75) is 52.5 Å². The van der Waals surface area contributed by atoms with Crippen molar-refractivity contribution in [3.8, 4) is 0 Å². The van der Waals surface area contributed by atoms with Crippen molar-refractivity contribution in [2.75, 3.05) is 13.1 Å². The highest BCUT2D eigenvalue weighted by atomic mass is 16.1. The molecular weight excluding hydrogens is 246 g/mol. The van der Waals surface area contributed by atoms with Gasteiger partial charge in [0.15, 0.2) is 0 Å². The Bertz CT molecular complexity index is 430. The van der Waals surface area contributed by atoms with E-state index in [1.165, 1.54) is 5.56 Å². The molecule has 0 aromatic heterocycles. The van der Waals surface area contributed by atoms with Crippen molar-refractivity contribution in [3.63, 3.8) is 0 Å². The van der Waals surface area contributed by atoms with Crippen LogP contribution in [0.5, 0.6) is 0 Å². The molecule has 110 valence electrons. The van der Waals surface area contributed by atoms with Gasteiger partial charge in [-0.05, 0) is 51.8 Å². The predicted octanol–water partition coefficient (Wildman–Crippen LogP) is 3.70. The molecule has 0 N–H and O–H groups in total. The van der Waals surface area contributed by atoms with Crippen molar-refractivity contribution in [2.24, 2.45) is 5.41 Å². The first-order chi connectivity index (χ1) is 9.51. The molecule has 2 rings (SSSR count). The highest BCUT2D eigenvalue weighted by Crippen LogP contribution is 2.34. The molecule has 1 aromatic carbocycles. The van der Waals surface area contributed by atoms with E-state index in [1.807, 2.05) is 18.2 Å². The number of Topliss-reactive ketones (excluding diaryl/α,β-unsaturated/α-hetero) is 1. The average Bonchev–Trinajstić information content (AvgIpc) is 2.46. The average molecular weight is 273 g/mol. The SMILES string of the molecule is CC(C)N1CCC(C)(C(=O)CCc2ccccc2)CC1. The molecule has 1 aliphatic rings. The van der Waals surface area contributed by atoms with Crippen molar-refractivity contribution < 1.29 is 4.79 Å². The molecular formula is C18H27NO. The van der Waals surface area contributed by atoms with Crippen LogP contribution in [0.3, 0.4) is 0 Å². The Morgan fingerprint density at radius 1 is 1.20 bits per heavy atom. The fourth-order valence-electron chi connectivity index (χ4n) is 3.02. The summed E-state index contributed by atoms with van der Waals surface area (Å²) < 4.78 is 0. The van der Waals surface area contributed by atoms with Gasteiger partial charge in [0.2, 0.25) is 0 Å². The van der Waals surface area contributed by atoms with E-state index < -0.39 is 0 Å². The number of carbonyl (C=O) groups excluding carboxylic acids is 1. The maximum Gasteiger partial charge on any atom is 0.139 e. The number of aryl methyl sites for hydroxylation is 1. The summed E-state index contributed by atoms with van der Waals surface area (Å²) in [7, 11) is 0. The standard InChI is InChI=1S/C18H27NO/c1-15(2)19-13-11-18(3,12-14-19)17(20)10-9-16-7-5-4-6-8-16/h4-8,15H,9-14H2,1-3H3. The van der Waals surface area contributed by atoms with Gasteiger partial charge < -0.3 is 4.90 Å². The van der Waals surface area contributed by atoms with Gasteiger partial charge in [-0.2, -0.15) is 0 Å². The topological polar surface area (TPSA) is 20.3 Å². The molecule has 1 aliphatic heterocycles. The minimum Gasteiger partial charge on any atom is -0.301 e. The van der Waals surface area contributed by atoms with Crippen LogP contribution in [0.25, 0.3) is 0 Å². The third kappa shape index (κ3) is 3.69.